The van der Waals surface area contributed by atoms with Gasteiger partial charge < -0.3 is 14.7 Å². The number of hydrogen-bond donors (Lipinski definition) is 1. The van der Waals surface area contributed by atoms with Crippen molar-refractivity contribution in [3.05, 3.63) is 94.1 Å². The number of Topliss-reactive ketones (excluding diaryl/α,β-unsaturated/α-hetero) is 1. The van der Waals surface area contributed by atoms with E-state index in [-0.39, 0.29) is 11.3 Å². The quantitative estimate of drug-likeness (QED) is 0.311. The van der Waals surface area contributed by atoms with Crippen LogP contribution >= 0.6 is 0 Å². The number of para-hydroxylation sites is 1. The van der Waals surface area contributed by atoms with Gasteiger partial charge in [0.15, 0.2) is 0 Å². The maximum absolute atomic E-state index is 13.5. The van der Waals surface area contributed by atoms with Crippen LogP contribution in [0, 0.1) is 20.8 Å². The molecule has 1 atom stereocenters. The number of aliphatic hydroxyl groups excluding tert-OH is 1. The molecule has 0 spiro atoms. The second-order valence-corrected chi connectivity index (χ2v) is 9.08. The van der Waals surface area contributed by atoms with Gasteiger partial charge in [0, 0.05) is 31.0 Å². The number of hydrogen-bond acceptors (Lipinski definition) is 5. The number of nitrogens with zero attached hydrogens (tertiary/aromatic N) is 2. The van der Waals surface area contributed by atoms with Crippen LogP contribution in [0.3, 0.4) is 0 Å². The maximum atomic E-state index is 13.5. The van der Waals surface area contributed by atoms with Gasteiger partial charge in [0.25, 0.3) is 11.7 Å². The summed E-state index contributed by atoms with van der Waals surface area (Å²) in [5, 5.41) is 11.5. The van der Waals surface area contributed by atoms with Crippen LogP contribution in [-0.4, -0.2) is 38.0 Å². The van der Waals surface area contributed by atoms with Gasteiger partial charge in [0.1, 0.15) is 11.5 Å². The zero-order valence-electron chi connectivity index (χ0n) is 20.9. The fourth-order valence-electron chi connectivity index (χ4n) is 4.59. The Bertz CT molecular complexity index is 1340. The Balaban J connectivity index is 1.98. The second kappa shape index (κ2) is 9.29. The molecule has 0 bridgehead atoms. The highest BCUT2D eigenvalue weighted by Crippen LogP contribution is 2.44. The average molecular weight is 471 g/mol. The number of ketones is 1. The molecule has 1 heterocycles. The molecule has 1 unspecified atom stereocenters. The van der Waals surface area contributed by atoms with E-state index in [2.05, 4.69) is 0 Å². The van der Waals surface area contributed by atoms with E-state index in [9.17, 15) is 14.7 Å². The predicted octanol–water partition coefficient (Wildman–Crippen LogP) is 5.31. The largest absolute Gasteiger partial charge is 0.507 e. The van der Waals surface area contributed by atoms with Gasteiger partial charge in [-0.15, -0.1) is 0 Å². The first-order valence-corrected chi connectivity index (χ1v) is 11.4. The molecule has 3 aromatic carbocycles. The van der Waals surface area contributed by atoms with E-state index in [4.69, 9.17) is 4.74 Å². The third-order valence-corrected chi connectivity index (χ3v) is 6.54. The molecule has 180 valence electrons. The lowest BCUT2D eigenvalue weighted by Crippen LogP contribution is -2.30. The van der Waals surface area contributed by atoms with Crippen molar-refractivity contribution < 1.29 is 19.4 Å². The molecule has 0 aliphatic carbocycles. The molecule has 6 nitrogen and oxygen atoms in total. The van der Waals surface area contributed by atoms with E-state index in [0.29, 0.717) is 17.0 Å². The Hall–Kier alpha value is -4.06. The van der Waals surface area contributed by atoms with E-state index < -0.39 is 17.7 Å². The molecule has 6 heteroatoms. The summed E-state index contributed by atoms with van der Waals surface area (Å²) in [6.07, 6.45) is 0. The first-order chi connectivity index (χ1) is 16.6. The molecule has 1 fully saturated rings. The molecule has 1 N–H and O–H groups in total. The highest BCUT2D eigenvalue weighted by Gasteiger charge is 2.47. The molecule has 1 aliphatic rings. The van der Waals surface area contributed by atoms with Crippen molar-refractivity contribution in [1.29, 1.82) is 0 Å². The summed E-state index contributed by atoms with van der Waals surface area (Å²) >= 11 is 0. The van der Waals surface area contributed by atoms with E-state index >= 15 is 0 Å². The summed E-state index contributed by atoms with van der Waals surface area (Å²) in [5.74, 6) is -0.870. The Kier molecular flexibility index (Phi) is 6.39. The number of aryl methyl sites for hydroxylation is 3. The van der Waals surface area contributed by atoms with Gasteiger partial charge in [-0.2, -0.15) is 0 Å². The Morgan fingerprint density at radius 3 is 2.17 bits per heavy atom. The van der Waals surface area contributed by atoms with Crippen molar-refractivity contribution in [2.75, 3.05) is 31.0 Å². The standard InChI is InChI=1S/C29H30N2O4/c1-17-9-7-8-10-23(17)31-26(20-11-13-21(14-12-20)30(4)5)25(28(33)29(31)34)27(32)22-15-19(3)24(35-6)16-18(22)2/h7-16,26,32H,1-6H3/b27-25+. The molecule has 0 radical (unpaired) electrons. The molecule has 0 saturated carbocycles. The minimum absolute atomic E-state index is 0.0727. The smallest absolute Gasteiger partial charge is 0.300 e. The van der Waals surface area contributed by atoms with Crippen LogP contribution in [0.2, 0.25) is 0 Å². The number of benzene rings is 3. The molecular weight excluding hydrogens is 440 g/mol. The first-order valence-electron chi connectivity index (χ1n) is 11.4. The summed E-state index contributed by atoms with van der Waals surface area (Å²) in [6, 6.07) is 18.0. The zero-order valence-corrected chi connectivity index (χ0v) is 20.9. The number of carbonyl (C=O) groups excluding carboxylic acids is 2. The lowest BCUT2D eigenvalue weighted by Gasteiger charge is -2.27. The van der Waals surface area contributed by atoms with Crippen LogP contribution in [0.4, 0.5) is 11.4 Å². The lowest BCUT2D eigenvalue weighted by atomic mass is 9.92. The number of amides is 1. The molecule has 0 aromatic heterocycles. The summed E-state index contributed by atoms with van der Waals surface area (Å²) in [6.45, 7) is 5.62. The highest BCUT2D eigenvalue weighted by atomic mass is 16.5. The van der Waals surface area contributed by atoms with Gasteiger partial charge in [-0.05, 0) is 73.4 Å². The summed E-state index contributed by atoms with van der Waals surface area (Å²) in [7, 11) is 5.48. The van der Waals surface area contributed by atoms with Crippen molar-refractivity contribution in [2.45, 2.75) is 26.8 Å². The van der Waals surface area contributed by atoms with Crippen LogP contribution in [-0.2, 0) is 9.59 Å². The minimum atomic E-state index is -0.769. The van der Waals surface area contributed by atoms with Gasteiger partial charge in [-0.1, -0.05) is 30.3 Å². The van der Waals surface area contributed by atoms with E-state index in [1.54, 1.807) is 13.2 Å². The number of ether oxygens (including phenoxy) is 1. The number of carbonyl (C=O) groups is 2. The maximum Gasteiger partial charge on any atom is 0.300 e. The van der Waals surface area contributed by atoms with Crippen LogP contribution in [0.25, 0.3) is 5.76 Å². The fourth-order valence-corrected chi connectivity index (χ4v) is 4.59. The van der Waals surface area contributed by atoms with Crippen molar-refractivity contribution in [3.8, 4) is 5.75 Å². The lowest BCUT2D eigenvalue weighted by molar-refractivity contribution is -0.132. The number of rotatable bonds is 5. The van der Waals surface area contributed by atoms with Crippen molar-refractivity contribution >= 4 is 28.8 Å². The Morgan fingerprint density at radius 1 is 0.914 bits per heavy atom. The fraction of sp³-hybridized carbons (Fsp3) is 0.241. The van der Waals surface area contributed by atoms with Gasteiger partial charge in [0.05, 0.1) is 18.7 Å². The Labute approximate surface area is 206 Å². The van der Waals surface area contributed by atoms with Crippen LogP contribution in [0.1, 0.15) is 33.9 Å². The highest BCUT2D eigenvalue weighted by molar-refractivity contribution is 6.51. The topological polar surface area (TPSA) is 70.1 Å². The summed E-state index contributed by atoms with van der Waals surface area (Å²) in [5.41, 5.74) is 5.36. The van der Waals surface area contributed by atoms with Crippen LogP contribution < -0.4 is 14.5 Å². The van der Waals surface area contributed by atoms with Gasteiger partial charge in [-0.25, -0.2) is 0 Å². The van der Waals surface area contributed by atoms with Crippen molar-refractivity contribution in [2.24, 2.45) is 0 Å². The molecule has 1 saturated heterocycles. The van der Waals surface area contributed by atoms with Crippen molar-refractivity contribution in [1.82, 2.24) is 0 Å². The third kappa shape index (κ3) is 4.16. The minimum Gasteiger partial charge on any atom is -0.507 e. The first kappa shape index (κ1) is 24.1. The second-order valence-electron chi connectivity index (χ2n) is 9.08. The SMILES string of the molecule is COc1cc(C)c(/C(O)=C2\C(=O)C(=O)N(c3ccccc3C)C2c2ccc(N(C)C)cc2)cc1C. The molecular formula is C29H30N2O4. The molecule has 1 aliphatic heterocycles. The van der Waals surface area contributed by atoms with Crippen LogP contribution in [0.5, 0.6) is 5.75 Å². The van der Waals surface area contributed by atoms with Crippen molar-refractivity contribution in [3.63, 3.8) is 0 Å². The molecule has 3 aromatic rings. The number of anilines is 2. The van der Waals surface area contributed by atoms with Crippen LogP contribution in [0.15, 0.2) is 66.2 Å². The van der Waals surface area contributed by atoms with E-state index in [1.165, 1.54) is 4.90 Å². The number of aliphatic hydroxyl groups is 1. The van der Waals surface area contributed by atoms with Gasteiger partial charge in [-0.3, -0.25) is 14.5 Å². The number of methoxy groups -OCH3 is 1. The van der Waals surface area contributed by atoms with Gasteiger partial charge >= 0.3 is 0 Å². The summed E-state index contributed by atoms with van der Waals surface area (Å²) < 4.78 is 5.40. The Morgan fingerprint density at radius 2 is 1.57 bits per heavy atom. The van der Waals surface area contributed by atoms with E-state index in [1.807, 2.05) is 94.4 Å². The predicted molar refractivity (Wildman–Crippen MR) is 139 cm³/mol. The summed E-state index contributed by atoms with van der Waals surface area (Å²) in [4.78, 5) is 30.3. The normalized spacial score (nSPS) is 17.1. The third-order valence-electron chi connectivity index (χ3n) is 6.54. The zero-order chi connectivity index (χ0) is 25.4. The monoisotopic (exact) mass is 470 g/mol. The van der Waals surface area contributed by atoms with E-state index in [0.717, 1.165) is 27.9 Å². The van der Waals surface area contributed by atoms with Gasteiger partial charge in [0.2, 0.25) is 0 Å². The average Bonchev–Trinajstić information content (AvgIpc) is 3.10. The molecule has 35 heavy (non-hydrogen) atoms. The molecule has 1 amide bonds. The molecule has 4 rings (SSSR count).